The Morgan fingerprint density at radius 3 is 2.20 bits per heavy atom. The minimum Gasteiger partial charge on any atom is -0.478 e. The maximum Gasteiger partial charge on any atom is 0.339 e. The van der Waals surface area contributed by atoms with Crippen LogP contribution in [0, 0.1) is 6.92 Å². The molecule has 1 aromatic rings. The number of nitrogens with one attached hydrogen (secondary N) is 3. The first-order valence-corrected chi connectivity index (χ1v) is 8.74. The summed E-state index contributed by atoms with van der Waals surface area (Å²) in [5, 5.41) is 17.4. The molecule has 0 saturated carbocycles. The molecule has 1 heterocycles. The Morgan fingerprint density at radius 1 is 1.04 bits per heavy atom. The van der Waals surface area contributed by atoms with Gasteiger partial charge in [0.2, 0.25) is 17.7 Å². The Bertz CT molecular complexity index is 669. The lowest BCUT2D eigenvalue weighted by Gasteiger charge is -2.07. The number of hydrogen-bond donors (Lipinski definition) is 4. The van der Waals surface area contributed by atoms with Crippen molar-refractivity contribution in [2.24, 2.45) is 0 Å². The zero-order valence-corrected chi connectivity index (χ0v) is 15.3. The van der Waals surface area contributed by atoms with Crippen LogP contribution in [0.5, 0.6) is 0 Å². The number of carbonyl (C=O) groups is 4. The minimum atomic E-state index is -1.08. The molecule has 0 saturated heterocycles. The largest absolute Gasteiger partial charge is 0.478 e. The average Bonchev–Trinajstić information content (AvgIpc) is 2.84. The molecule has 0 fully saturated rings. The fourth-order valence-corrected chi connectivity index (χ4v) is 3.42. The number of hydrogen-bond acceptors (Lipinski definition) is 5. The average molecular weight is 369 g/mol. The number of anilines is 1. The van der Waals surface area contributed by atoms with E-state index in [9.17, 15) is 24.3 Å². The van der Waals surface area contributed by atoms with E-state index < -0.39 is 11.9 Å². The summed E-state index contributed by atoms with van der Waals surface area (Å²) in [5.41, 5.74) is 0.835. The summed E-state index contributed by atoms with van der Waals surface area (Å²) in [7, 11) is 0. The van der Waals surface area contributed by atoms with Crippen molar-refractivity contribution < 1.29 is 24.3 Å². The van der Waals surface area contributed by atoms with E-state index in [0.29, 0.717) is 23.5 Å². The zero-order valence-electron chi connectivity index (χ0n) is 14.5. The topological polar surface area (TPSA) is 125 Å². The second-order valence-corrected chi connectivity index (χ2v) is 6.61. The Hall–Kier alpha value is -2.42. The van der Waals surface area contributed by atoms with E-state index in [4.69, 9.17) is 0 Å². The Labute approximate surface area is 150 Å². The van der Waals surface area contributed by atoms with Crippen LogP contribution in [0.15, 0.2) is 0 Å². The van der Waals surface area contributed by atoms with E-state index in [1.54, 1.807) is 0 Å². The molecule has 0 spiro atoms. The van der Waals surface area contributed by atoms with Gasteiger partial charge < -0.3 is 21.1 Å². The molecular weight excluding hydrogens is 346 g/mol. The standard InChI is InChI=1S/C16H23N3O5S/c1-4-11-9(2)25-15(14(11)16(23)24)19-13(22)6-5-12(21)18-8-7-17-10(3)20/h4-8H2,1-3H3,(H,17,20)(H,18,21)(H,19,22)(H,23,24). The molecule has 8 nitrogen and oxygen atoms in total. The van der Waals surface area contributed by atoms with Crippen molar-refractivity contribution >= 4 is 40.0 Å². The molecule has 0 aliphatic carbocycles. The molecule has 0 unspecified atom stereocenters. The molecule has 0 atom stereocenters. The summed E-state index contributed by atoms with van der Waals surface area (Å²) in [6.07, 6.45) is 0.499. The number of carbonyl (C=O) groups excluding carboxylic acids is 3. The van der Waals surface area contributed by atoms with Gasteiger partial charge in [-0.05, 0) is 18.9 Å². The number of carboxylic acids is 1. The van der Waals surface area contributed by atoms with Crippen LogP contribution in [-0.2, 0) is 20.8 Å². The summed E-state index contributed by atoms with van der Waals surface area (Å²) in [4.78, 5) is 46.6. The monoisotopic (exact) mass is 369 g/mol. The predicted molar refractivity (Wildman–Crippen MR) is 95.0 cm³/mol. The highest BCUT2D eigenvalue weighted by Gasteiger charge is 2.21. The molecule has 1 aromatic heterocycles. The van der Waals surface area contributed by atoms with E-state index >= 15 is 0 Å². The molecule has 138 valence electrons. The van der Waals surface area contributed by atoms with E-state index in [-0.39, 0.29) is 36.8 Å². The summed E-state index contributed by atoms with van der Waals surface area (Å²) in [6.45, 7) is 5.66. The third-order valence-electron chi connectivity index (χ3n) is 3.43. The lowest BCUT2D eigenvalue weighted by Crippen LogP contribution is -2.33. The molecule has 9 heteroatoms. The molecule has 0 aliphatic heterocycles. The number of aryl methyl sites for hydroxylation is 1. The van der Waals surface area contributed by atoms with Gasteiger partial charge in [0.25, 0.3) is 0 Å². The summed E-state index contributed by atoms with van der Waals surface area (Å²) in [6, 6.07) is 0. The SMILES string of the molecule is CCc1c(C)sc(NC(=O)CCC(=O)NCCNC(C)=O)c1C(=O)O. The maximum absolute atomic E-state index is 12.0. The summed E-state index contributed by atoms with van der Waals surface area (Å²) >= 11 is 1.22. The number of carboxylic acid groups (broad SMARTS) is 1. The zero-order chi connectivity index (χ0) is 19.0. The van der Waals surface area contributed by atoms with Gasteiger partial charge in [-0.2, -0.15) is 0 Å². The molecule has 1 rings (SSSR count). The summed E-state index contributed by atoms with van der Waals surface area (Å²) in [5.74, 6) is -1.98. The van der Waals surface area contributed by atoms with Crippen LogP contribution in [0.2, 0.25) is 0 Å². The quantitative estimate of drug-likeness (QED) is 0.488. The van der Waals surface area contributed by atoms with Gasteiger partial charge in [0, 0.05) is 37.7 Å². The number of aromatic carboxylic acids is 1. The van der Waals surface area contributed by atoms with Crippen molar-refractivity contribution in [3.63, 3.8) is 0 Å². The van der Waals surface area contributed by atoms with E-state index in [0.717, 1.165) is 4.88 Å². The molecule has 25 heavy (non-hydrogen) atoms. The Kier molecular flexibility index (Phi) is 8.06. The fourth-order valence-electron chi connectivity index (χ4n) is 2.26. The van der Waals surface area contributed by atoms with Gasteiger partial charge in [0.1, 0.15) is 5.00 Å². The van der Waals surface area contributed by atoms with Crippen molar-refractivity contribution in [1.29, 1.82) is 0 Å². The first kappa shape index (κ1) is 20.6. The number of thiophene rings is 1. The number of rotatable bonds is 9. The van der Waals surface area contributed by atoms with Crippen LogP contribution >= 0.6 is 11.3 Å². The third-order valence-corrected chi connectivity index (χ3v) is 4.49. The van der Waals surface area contributed by atoms with E-state index in [1.165, 1.54) is 18.3 Å². The normalized spacial score (nSPS) is 10.2. The van der Waals surface area contributed by atoms with Gasteiger partial charge in [0.05, 0.1) is 5.56 Å². The lowest BCUT2D eigenvalue weighted by atomic mass is 10.1. The van der Waals surface area contributed by atoms with Gasteiger partial charge >= 0.3 is 5.97 Å². The van der Waals surface area contributed by atoms with Crippen molar-refractivity contribution in [2.45, 2.75) is 40.0 Å². The van der Waals surface area contributed by atoms with Crippen molar-refractivity contribution in [1.82, 2.24) is 10.6 Å². The molecule has 0 aromatic carbocycles. The lowest BCUT2D eigenvalue weighted by molar-refractivity contribution is -0.124. The van der Waals surface area contributed by atoms with Crippen LogP contribution in [0.25, 0.3) is 0 Å². The van der Waals surface area contributed by atoms with E-state index in [2.05, 4.69) is 16.0 Å². The summed E-state index contributed by atoms with van der Waals surface area (Å²) < 4.78 is 0. The van der Waals surface area contributed by atoms with Gasteiger partial charge in [-0.15, -0.1) is 11.3 Å². The molecule has 3 amide bonds. The molecule has 4 N–H and O–H groups in total. The first-order chi connectivity index (χ1) is 11.8. The third kappa shape index (κ3) is 6.54. The van der Waals surface area contributed by atoms with Crippen LogP contribution in [0.3, 0.4) is 0 Å². The second kappa shape index (κ2) is 9.77. The van der Waals surface area contributed by atoms with Crippen molar-refractivity contribution in [3.05, 3.63) is 16.0 Å². The highest BCUT2D eigenvalue weighted by molar-refractivity contribution is 7.16. The minimum absolute atomic E-state index is 0.0146. The molecule has 0 radical (unpaired) electrons. The first-order valence-electron chi connectivity index (χ1n) is 7.92. The Morgan fingerprint density at radius 2 is 1.64 bits per heavy atom. The second-order valence-electron chi connectivity index (χ2n) is 5.38. The van der Waals surface area contributed by atoms with Crippen LogP contribution in [0.1, 0.15) is 47.5 Å². The van der Waals surface area contributed by atoms with Crippen LogP contribution in [-0.4, -0.2) is 41.9 Å². The molecule has 0 bridgehead atoms. The van der Waals surface area contributed by atoms with Gasteiger partial charge in [-0.25, -0.2) is 4.79 Å². The smallest absolute Gasteiger partial charge is 0.339 e. The Balaban J connectivity index is 2.51. The molecular formula is C16H23N3O5S. The maximum atomic E-state index is 12.0. The van der Waals surface area contributed by atoms with E-state index in [1.807, 2.05) is 13.8 Å². The highest BCUT2D eigenvalue weighted by Crippen LogP contribution is 2.33. The van der Waals surface area contributed by atoms with Crippen molar-refractivity contribution in [2.75, 3.05) is 18.4 Å². The highest BCUT2D eigenvalue weighted by atomic mass is 32.1. The van der Waals surface area contributed by atoms with Gasteiger partial charge in [0.15, 0.2) is 0 Å². The molecule has 0 aliphatic rings. The predicted octanol–water partition coefficient (Wildman–Crippen LogP) is 1.29. The van der Waals surface area contributed by atoms with Gasteiger partial charge in [-0.1, -0.05) is 6.92 Å². The van der Waals surface area contributed by atoms with Crippen LogP contribution < -0.4 is 16.0 Å². The fraction of sp³-hybridized carbons (Fsp3) is 0.500. The van der Waals surface area contributed by atoms with Gasteiger partial charge in [-0.3, -0.25) is 14.4 Å². The number of amides is 3. The van der Waals surface area contributed by atoms with Crippen molar-refractivity contribution in [3.8, 4) is 0 Å². The van der Waals surface area contributed by atoms with Crippen LogP contribution in [0.4, 0.5) is 5.00 Å².